The number of benzene rings is 1. The molecule has 2 aliphatic rings. The van der Waals surface area contributed by atoms with Gasteiger partial charge in [-0.1, -0.05) is 11.6 Å². The van der Waals surface area contributed by atoms with E-state index in [1.54, 1.807) is 0 Å². The van der Waals surface area contributed by atoms with E-state index in [-0.39, 0.29) is 6.04 Å². The molecule has 1 aromatic rings. The molecule has 1 unspecified atom stereocenters. The second-order valence-corrected chi connectivity index (χ2v) is 5.29. The molecular weight excluding hydrogens is 278 g/mol. The molecule has 0 saturated carbocycles. The largest absolute Gasteiger partial charge is 0.489 e. The van der Waals surface area contributed by atoms with Crippen LogP contribution in [0.3, 0.4) is 0 Å². The number of rotatable bonds is 2. The van der Waals surface area contributed by atoms with Gasteiger partial charge in [0.25, 0.3) is 0 Å². The van der Waals surface area contributed by atoms with E-state index in [1.165, 1.54) is 0 Å². The van der Waals surface area contributed by atoms with Crippen molar-refractivity contribution in [2.24, 2.45) is 10.7 Å². The Bertz CT molecular complexity index is 547. The zero-order chi connectivity index (χ0) is 14.1. The highest BCUT2D eigenvalue weighted by atomic mass is 35.5. The first kappa shape index (κ1) is 13.4. The van der Waals surface area contributed by atoms with Gasteiger partial charge in [-0.2, -0.15) is 0 Å². The Balaban J connectivity index is 1.95. The summed E-state index contributed by atoms with van der Waals surface area (Å²) in [7, 11) is 0. The van der Waals surface area contributed by atoms with Gasteiger partial charge in [-0.25, -0.2) is 0 Å². The van der Waals surface area contributed by atoms with E-state index in [0.717, 1.165) is 18.5 Å². The third-order valence-corrected chi connectivity index (χ3v) is 3.93. The molecule has 5 nitrogen and oxygen atoms in total. The Kier molecular flexibility index (Phi) is 3.61. The maximum atomic E-state index is 6.33. The number of halogens is 1. The molecule has 0 saturated heterocycles. The molecule has 0 aromatic heterocycles. The van der Waals surface area contributed by atoms with Crippen molar-refractivity contribution in [2.75, 3.05) is 26.3 Å². The smallest absolute Gasteiger partial charge is 0.191 e. The first-order valence-electron chi connectivity index (χ1n) is 6.86. The number of aliphatic imine (C=N–C) groups is 1. The van der Waals surface area contributed by atoms with Gasteiger partial charge in [0.15, 0.2) is 17.5 Å². The van der Waals surface area contributed by atoms with Crippen molar-refractivity contribution in [2.45, 2.75) is 19.4 Å². The molecule has 0 bridgehead atoms. The Morgan fingerprint density at radius 2 is 2.20 bits per heavy atom. The van der Waals surface area contributed by atoms with Crippen LogP contribution < -0.4 is 15.2 Å². The summed E-state index contributed by atoms with van der Waals surface area (Å²) in [5.74, 6) is 1.94. The van der Waals surface area contributed by atoms with Crippen LogP contribution in [-0.4, -0.2) is 37.2 Å². The minimum atomic E-state index is 0.120. The summed E-state index contributed by atoms with van der Waals surface area (Å²) in [4.78, 5) is 6.38. The van der Waals surface area contributed by atoms with Crippen molar-refractivity contribution in [3.8, 4) is 11.5 Å². The summed E-state index contributed by atoms with van der Waals surface area (Å²) in [6.45, 7) is 4.80. The third kappa shape index (κ3) is 2.26. The Hall–Kier alpha value is -1.62. The number of ether oxygens (including phenoxy) is 2. The van der Waals surface area contributed by atoms with Crippen molar-refractivity contribution >= 4 is 17.6 Å². The number of guanidine groups is 1. The van der Waals surface area contributed by atoms with E-state index < -0.39 is 0 Å². The Labute approximate surface area is 123 Å². The molecule has 0 radical (unpaired) electrons. The fourth-order valence-corrected chi connectivity index (χ4v) is 2.91. The van der Waals surface area contributed by atoms with Crippen molar-refractivity contribution in [3.63, 3.8) is 0 Å². The average Bonchev–Trinajstić information content (AvgIpc) is 2.66. The quantitative estimate of drug-likeness (QED) is 0.908. The molecule has 0 spiro atoms. The fraction of sp³-hybridized carbons (Fsp3) is 0.500. The van der Waals surface area contributed by atoms with Crippen molar-refractivity contribution in [1.29, 1.82) is 0 Å². The molecule has 20 heavy (non-hydrogen) atoms. The van der Waals surface area contributed by atoms with Gasteiger partial charge in [-0.15, -0.1) is 0 Å². The number of nitrogens with two attached hydrogens (primary N) is 1. The van der Waals surface area contributed by atoms with Crippen LogP contribution in [0.1, 0.15) is 24.9 Å². The van der Waals surface area contributed by atoms with E-state index >= 15 is 0 Å². The SMILES string of the molecule is CCN1C(N)=NCC1c1cc(Cl)c2c(c1)OCCCO2. The van der Waals surface area contributed by atoms with Crippen LogP contribution in [0, 0.1) is 0 Å². The molecule has 0 fully saturated rings. The lowest BCUT2D eigenvalue weighted by molar-refractivity contribution is 0.296. The average molecular weight is 296 g/mol. The predicted octanol–water partition coefficient (Wildman–Crippen LogP) is 2.19. The standard InChI is InChI=1S/C14H18ClN3O2/c1-2-18-11(8-17-14(18)16)9-6-10(15)13-12(7-9)19-4-3-5-20-13/h6-7,11H,2-5,8H2,1H3,(H2,16,17). The lowest BCUT2D eigenvalue weighted by Gasteiger charge is -2.25. The molecule has 3 rings (SSSR count). The van der Waals surface area contributed by atoms with Crippen LogP contribution in [-0.2, 0) is 0 Å². The number of nitrogens with zero attached hydrogens (tertiary/aromatic N) is 2. The van der Waals surface area contributed by atoms with E-state index in [4.69, 9.17) is 26.8 Å². The summed E-state index contributed by atoms with van der Waals surface area (Å²) < 4.78 is 11.4. The van der Waals surface area contributed by atoms with Crippen LogP contribution in [0.4, 0.5) is 0 Å². The normalized spacial score (nSPS) is 21.6. The molecule has 2 N–H and O–H groups in total. The highest BCUT2D eigenvalue weighted by Crippen LogP contribution is 2.40. The van der Waals surface area contributed by atoms with Crippen LogP contribution in [0.2, 0.25) is 5.02 Å². The van der Waals surface area contributed by atoms with Gasteiger partial charge >= 0.3 is 0 Å². The first-order chi connectivity index (χ1) is 9.70. The molecule has 6 heteroatoms. The topological polar surface area (TPSA) is 60.1 Å². The maximum Gasteiger partial charge on any atom is 0.191 e. The Morgan fingerprint density at radius 3 is 3.00 bits per heavy atom. The lowest BCUT2D eigenvalue weighted by Crippen LogP contribution is -2.35. The summed E-state index contributed by atoms with van der Waals surface area (Å²) in [6.07, 6.45) is 0.862. The van der Waals surface area contributed by atoms with E-state index in [2.05, 4.69) is 16.8 Å². The van der Waals surface area contributed by atoms with Crippen molar-refractivity contribution in [1.82, 2.24) is 4.90 Å². The van der Waals surface area contributed by atoms with Crippen LogP contribution in [0.25, 0.3) is 0 Å². The zero-order valence-electron chi connectivity index (χ0n) is 11.4. The summed E-state index contributed by atoms with van der Waals surface area (Å²) >= 11 is 6.33. The van der Waals surface area contributed by atoms with Crippen molar-refractivity contribution in [3.05, 3.63) is 22.7 Å². The molecule has 2 heterocycles. The highest BCUT2D eigenvalue weighted by molar-refractivity contribution is 6.32. The number of likely N-dealkylation sites (N-methyl/N-ethyl adjacent to an activating group) is 1. The highest BCUT2D eigenvalue weighted by Gasteiger charge is 2.28. The van der Waals surface area contributed by atoms with Crippen molar-refractivity contribution < 1.29 is 9.47 Å². The number of hydrogen-bond acceptors (Lipinski definition) is 5. The Morgan fingerprint density at radius 1 is 1.40 bits per heavy atom. The summed E-state index contributed by atoms with van der Waals surface area (Å²) in [5.41, 5.74) is 6.97. The zero-order valence-corrected chi connectivity index (χ0v) is 12.2. The van der Waals surface area contributed by atoms with Crippen LogP contribution in [0.5, 0.6) is 11.5 Å². The fourth-order valence-electron chi connectivity index (χ4n) is 2.64. The minimum absolute atomic E-state index is 0.120. The van der Waals surface area contributed by atoms with Gasteiger partial charge in [0.1, 0.15) is 0 Å². The molecule has 1 aromatic carbocycles. The summed E-state index contributed by atoms with van der Waals surface area (Å²) in [5, 5.41) is 0.584. The number of fused-ring (bicyclic) bond motifs is 1. The molecular formula is C14H18ClN3O2. The van der Waals surface area contributed by atoms with Gasteiger partial charge < -0.3 is 20.1 Å². The van der Waals surface area contributed by atoms with E-state index in [9.17, 15) is 0 Å². The van der Waals surface area contributed by atoms with Crippen LogP contribution in [0.15, 0.2) is 17.1 Å². The van der Waals surface area contributed by atoms with Gasteiger partial charge in [0.05, 0.1) is 30.8 Å². The summed E-state index contributed by atoms with van der Waals surface area (Å²) in [6, 6.07) is 4.04. The van der Waals surface area contributed by atoms with Gasteiger partial charge in [0, 0.05) is 13.0 Å². The van der Waals surface area contributed by atoms with E-state index in [1.807, 2.05) is 12.1 Å². The minimum Gasteiger partial charge on any atom is -0.489 e. The molecule has 2 aliphatic heterocycles. The molecule has 0 amide bonds. The predicted molar refractivity (Wildman–Crippen MR) is 78.7 cm³/mol. The molecule has 0 aliphatic carbocycles. The van der Waals surface area contributed by atoms with Crippen LogP contribution >= 0.6 is 11.6 Å². The molecule has 1 atom stereocenters. The maximum absolute atomic E-state index is 6.33. The second kappa shape index (κ2) is 5.40. The first-order valence-corrected chi connectivity index (χ1v) is 7.24. The third-order valence-electron chi connectivity index (χ3n) is 3.65. The van der Waals surface area contributed by atoms with E-state index in [0.29, 0.717) is 42.2 Å². The second-order valence-electron chi connectivity index (χ2n) is 4.88. The number of hydrogen-bond donors (Lipinski definition) is 1. The lowest BCUT2D eigenvalue weighted by atomic mass is 10.1. The van der Waals surface area contributed by atoms with Gasteiger partial charge in [-0.05, 0) is 24.6 Å². The monoisotopic (exact) mass is 295 g/mol. The van der Waals surface area contributed by atoms with Gasteiger partial charge in [0.2, 0.25) is 0 Å². The van der Waals surface area contributed by atoms with Gasteiger partial charge in [-0.3, -0.25) is 4.99 Å². The molecule has 108 valence electrons.